The van der Waals surface area contributed by atoms with Crippen molar-refractivity contribution in [2.75, 3.05) is 0 Å². The summed E-state index contributed by atoms with van der Waals surface area (Å²) in [5, 5.41) is 3.33. The first kappa shape index (κ1) is 14.5. The Kier molecular flexibility index (Phi) is 5.07. The molecule has 4 nitrogen and oxygen atoms in total. The lowest BCUT2D eigenvalue weighted by Crippen LogP contribution is -2.21. The summed E-state index contributed by atoms with van der Waals surface area (Å²) >= 11 is 0. The molecule has 2 rings (SSSR count). The molecule has 2 aromatic rings. The standard InChI is InChI=1S/C16H21N3O/c1-4-13-6-5-7-15(8-13)20-16-18-10-14(11-19-16)9-17-12(2)3/h5-8,10-12,17H,4,9H2,1-3H3. The highest BCUT2D eigenvalue weighted by Crippen LogP contribution is 2.19. The summed E-state index contributed by atoms with van der Waals surface area (Å²) in [7, 11) is 0. The lowest BCUT2D eigenvalue weighted by molar-refractivity contribution is 0.440. The van der Waals surface area contributed by atoms with Crippen LogP contribution in [0, 0.1) is 0 Å². The molecule has 0 amide bonds. The van der Waals surface area contributed by atoms with E-state index in [9.17, 15) is 0 Å². The van der Waals surface area contributed by atoms with Crippen LogP contribution in [0.2, 0.25) is 0 Å². The van der Waals surface area contributed by atoms with Gasteiger partial charge in [0.15, 0.2) is 0 Å². The lowest BCUT2D eigenvalue weighted by Gasteiger charge is -2.08. The normalized spacial score (nSPS) is 10.8. The Hall–Kier alpha value is -1.94. The minimum atomic E-state index is 0.381. The number of ether oxygens (including phenoxy) is 1. The Morgan fingerprint density at radius 1 is 1.15 bits per heavy atom. The fourth-order valence-corrected chi connectivity index (χ4v) is 1.74. The van der Waals surface area contributed by atoms with E-state index in [1.807, 2.05) is 18.2 Å². The molecule has 1 aromatic carbocycles. The van der Waals surface area contributed by atoms with Gasteiger partial charge in [-0.15, -0.1) is 0 Å². The molecule has 106 valence electrons. The van der Waals surface area contributed by atoms with E-state index in [2.05, 4.69) is 42.1 Å². The minimum Gasteiger partial charge on any atom is -0.424 e. The van der Waals surface area contributed by atoms with Crippen LogP contribution in [0.5, 0.6) is 11.8 Å². The van der Waals surface area contributed by atoms with Crippen molar-refractivity contribution in [3.63, 3.8) is 0 Å². The Bertz CT molecular complexity index is 538. The van der Waals surface area contributed by atoms with Crippen LogP contribution in [0.25, 0.3) is 0 Å². The zero-order valence-electron chi connectivity index (χ0n) is 12.3. The monoisotopic (exact) mass is 271 g/mol. The molecule has 4 heteroatoms. The summed E-state index contributed by atoms with van der Waals surface area (Å²) < 4.78 is 5.66. The van der Waals surface area contributed by atoms with Crippen molar-refractivity contribution in [3.8, 4) is 11.8 Å². The summed E-state index contributed by atoms with van der Waals surface area (Å²) in [6, 6.07) is 8.81. The SMILES string of the molecule is CCc1cccc(Oc2ncc(CNC(C)C)cn2)c1. The molecule has 0 radical (unpaired) electrons. The van der Waals surface area contributed by atoms with Gasteiger partial charge in [-0.3, -0.25) is 0 Å². The molecule has 0 fully saturated rings. The van der Waals surface area contributed by atoms with Crippen molar-refractivity contribution >= 4 is 0 Å². The van der Waals surface area contributed by atoms with Gasteiger partial charge < -0.3 is 10.1 Å². The maximum atomic E-state index is 5.66. The van der Waals surface area contributed by atoms with Gasteiger partial charge in [0.25, 0.3) is 0 Å². The lowest BCUT2D eigenvalue weighted by atomic mass is 10.2. The second-order valence-electron chi connectivity index (χ2n) is 5.01. The van der Waals surface area contributed by atoms with Gasteiger partial charge in [-0.25, -0.2) is 9.97 Å². The van der Waals surface area contributed by atoms with Crippen LogP contribution in [-0.4, -0.2) is 16.0 Å². The molecule has 0 unspecified atom stereocenters. The molecule has 0 spiro atoms. The number of benzene rings is 1. The topological polar surface area (TPSA) is 47.0 Å². The van der Waals surface area contributed by atoms with E-state index in [1.54, 1.807) is 12.4 Å². The third-order valence-electron chi connectivity index (χ3n) is 2.91. The number of aryl methyl sites for hydroxylation is 1. The van der Waals surface area contributed by atoms with E-state index < -0.39 is 0 Å². The third kappa shape index (κ3) is 4.31. The molecule has 0 saturated heterocycles. The number of hydrogen-bond donors (Lipinski definition) is 1. The summed E-state index contributed by atoms with van der Waals surface area (Å²) in [6.07, 6.45) is 4.57. The molecule has 0 saturated carbocycles. The second kappa shape index (κ2) is 7.01. The fraction of sp³-hybridized carbons (Fsp3) is 0.375. The maximum absolute atomic E-state index is 5.66. The zero-order chi connectivity index (χ0) is 14.4. The van der Waals surface area contributed by atoms with E-state index >= 15 is 0 Å². The van der Waals surface area contributed by atoms with Gasteiger partial charge in [0, 0.05) is 30.5 Å². The van der Waals surface area contributed by atoms with Crippen molar-refractivity contribution in [3.05, 3.63) is 47.8 Å². The fourth-order valence-electron chi connectivity index (χ4n) is 1.74. The zero-order valence-corrected chi connectivity index (χ0v) is 12.3. The largest absolute Gasteiger partial charge is 0.424 e. The second-order valence-corrected chi connectivity index (χ2v) is 5.01. The summed E-state index contributed by atoms with van der Waals surface area (Å²) in [4.78, 5) is 8.47. The number of aromatic nitrogens is 2. The Morgan fingerprint density at radius 3 is 2.55 bits per heavy atom. The first-order valence-corrected chi connectivity index (χ1v) is 6.98. The third-order valence-corrected chi connectivity index (χ3v) is 2.91. The van der Waals surface area contributed by atoms with Gasteiger partial charge in [0.1, 0.15) is 5.75 Å². The molecule has 0 aliphatic carbocycles. The Morgan fingerprint density at radius 2 is 1.90 bits per heavy atom. The van der Waals surface area contributed by atoms with Crippen molar-refractivity contribution < 1.29 is 4.74 Å². The average Bonchev–Trinajstić information content (AvgIpc) is 2.47. The molecular weight excluding hydrogens is 250 g/mol. The van der Waals surface area contributed by atoms with Crippen molar-refractivity contribution in [2.24, 2.45) is 0 Å². The van der Waals surface area contributed by atoms with Crippen LogP contribution >= 0.6 is 0 Å². The predicted molar refractivity (Wildman–Crippen MR) is 79.9 cm³/mol. The average molecular weight is 271 g/mol. The van der Waals surface area contributed by atoms with Gasteiger partial charge in [0.05, 0.1) is 0 Å². The van der Waals surface area contributed by atoms with E-state index in [1.165, 1.54) is 5.56 Å². The predicted octanol–water partition coefficient (Wildman–Crippen LogP) is 3.33. The highest BCUT2D eigenvalue weighted by atomic mass is 16.5. The molecule has 1 N–H and O–H groups in total. The summed E-state index contributed by atoms with van der Waals surface area (Å²) in [5.74, 6) is 0.775. The molecule has 0 bridgehead atoms. The highest BCUT2D eigenvalue weighted by Gasteiger charge is 2.02. The van der Waals surface area contributed by atoms with Crippen LogP contribution in [0.15, 0.2) is 36.7 Å². The Balaban J connectivity index is 1.99. The molecule has 20 heavy (non-hydrogen) atoms. The molecule has 1 heterocycles. The van der Waals surface area contributed by atoms with Crippen LogP contribution in [0.4, 0.5) is 0 Å². The highest BCUT2D eigenvalue weighted by molar-refractivity contribution is 5.30. The molecule has 0 aliphatic heterocycles. The smallest absolute Gasteiger partial charge is 0.321 e. The van der Waals surface area contributed by atoms with Crippen molar-refractivity contribution in [2.45, 2.75) is 39.8 Å². The molecular formula is C16H21N3O. The molecule has 1 aromatic heterocycles. The van der Waals surface area contributed by atoms with Crippen LogP contribution in [-0.2, 0) is 13.0 Å². The number of rotatable bonds is 6. The van der Waals surface area contributed by atoms with Crippen LogP contribution in [0.1, 0.15) is 31.9 Å². The number of nitrogens with one attached hydrogen (secondary N) is 1. The van der Waals surface area contributed by atoms with Crippen molar-refractivity contribution in [1.82, 2.24) is 15.3 Å². The number of hydrogen-bond acceptors (Lipinski definition) is 4. The first-order valence-electron chi connectivity index (χ1n) is 6.98. The van der Waals surface area contributed by atoms with Gasteiger partial charge in [0.2, 0.25) is 0 Å². The van der Waals surface area contributed by atoms with Gasteiger partial charge in [-0.05, 0) is 24.1 Å². The van der Waals surface area contributed by atoms with Gasteiger partial charge in [-0.2, -0.15) is 0 Å². The first-order chi connectivity index (χ1) is 9.67. The van der Waals surface area contributed by atoms with E-state index in [0.717, 1.165) is 24.3 Å². The van der Waals surface area contributed by atoms with Crippen LogP contribution in [0.3, 0.4) is 0 Å². The summed E-state index contributed by atoms with van der Waals surface area (Å²) in [5.41, 5.74) is 2.29. The van der Waals surface area contributed by atoms with Crippen LogP contribution < -0.4 is 10.1 Å². The minimum absolute atomic E-state index is 0.381. The Labute approximate surface area is 120 Å². The van der Waals surface area contributed by atoms with Gasteiger partial charge in [-0.1, -0.05) is 32.9 Å². The quantitative estimate of drug-likeness (QED) is 0.875. The van der Waals surface area contributed by atoms with Gasteiger partial charge >= 0.3 is 6.01 Å². The molecule has 0 aliphatic rings. The maximum Gasteiger partial charge on any atom is 0.321 e. The van der Waals surface area contributed by atoms with E-state index in [0.29, 0.717) is 12.1 Å². The number of nitrogens with zero attached hydrogens (tertiary/aromatic N) is 2. The van der Waals surface area contributed by atoms with E-state index in [-0.39, 0.29) is 0 Å². The summed E-state index contributed by atoms with van der Waals surface area (Å²) in [6.45, 7) is 7.10. The van der Waals surface area contributed by atoms with E-state index in [4.69, 9.17) is 4.74 Å². The molecule has 0 atom stereocenters. The van der Waals surface area contributed by atoms with Crippen molar-refractivity contribution in [1.29, 1.82) is 0 Å².